The zero-order chi connectivity index (χ0) is 43.6. The molecule has 4 heterocycles. The van der Waals surface area contributed by atoms with Crippen LogP contribution in [0.4, 0.5) is 15.3 Å². The summed E-state index contributed by atoms with van der Waals surface area (Å²) in [5.41, 5.74) is 2.93. The number of aryl methyl sites for hydroxylation is 1. The number of fused-ring (bicyclic) bond motifs is 5. The highest BCUT2D eigenvalue weighted by Gasteiger charge is 2.45. The molecule has 2 aliphatic heterocycles. The lowest BCUT2D eigenvalue weighted by molar-refractivity contribution is -0.172. The van der Waals surface area contributed by atoms with Gasteiger partial charge in [-0.25, -0.2) is 19.4 Å². The average molecular weight is 825 g/mol. The van der Waals surface area contributed by atoms with Crippen molar-refractivity contribution in [1.29, 1.82) is 0 Å². The molecule has 3 atom stereocenters. The molecule has 0 saturated heterocycles. The van der Waals surface area contributed by atoms with Crippen LogP contribution in [0, 0.1) is 11.8 Å². The van der Waals surface area contributed by atoms with Crippen molar-refractivity contribution in [2.24, 2.45) is 11.8 Å². The van der Waals surface area contributed by atoms with Crippen molar-refractivity contribution in [3.8, 4) is 17.1 Å². The molecule has 0 spiro atoms. The van der Waals surface area contributed by atoms with Crippen molar-refractivity contribution in [3.63, 3.8) is 0 Å². The van der Waals surface area contributed by atoms with E-state index in [0.717, 1.165) is 16.5 Å². The maximum Gasteiger partial charge on any atom is 0.415 e. The van der Waals surface area contributed by atoms with Gasteiger partial charge in [-0.15, -0.1) is 0 Å². The number of hydrogen-bond donors (Lipinski definition) is 3. The van der Waals surface area contributed by atoms with E-state index in [1.807, 2.05) is 27.7 Å². The summed E-state index contributed by atoms with van der Waals surface area (Å²) in [6.45, 7) is 11.3. The highest BCUT2D eigenvalue weighted by Crippen LogP contribution is 2.41. The van der Waals surface area contributed by atoms with Gasteiger partial charge in [-0.2, -0.15) is 0 Å². The Morgan fingerprint density at radius 2 is 1.62 bits per heavy atom. The van der Waals surface area contributed by atoms with E-state index < -0.39 is 29.8 Å². The largest absolute Gasteiger partial charge is 0.458 e. The molecule has 2 aliphatic rings. The Bertz CT molecular complexity index is 2410. The number of nitrogens with zero attached hydrogens (tertiary/aromatic N) is 4. The number of benzene rings is 2. The molecule has 318 valence electrons. The van der Waals surface area contributed by atoms with Gasteiger partial charge in [0.15, 0.2) is 5.60 Å². The molecule has 4 aromatic rings. The molecule has 1 unspecified atom stereocenters. The Kier molecular flexibility index (Phi) is 12.6. The Balaban J connectivity index is 1.02. The molecule has 2 aromatic carbocycles. The number of aliphatic hydroxyl groups is 1. The Hall–Kier alpha value is -6.29. The molecular weight excluding hydrogens is 773 g/mol. The average Bonchev–Trinajstić information content (AvgIpc) is 3.60. The number of pyridine rings is 2. The van der Waals surface area contributed by atoms with Crippen LogP contribution in [0.3, 0.4) is 0 Å². The highest BCUT2D eigenvalue weighted by atomic mass is 16.6. The minimum Gasteiger partial charge on any atom is -0.458 e. The van der Waals surface area contributed by atoms with Gasteiger partial charge in [0.25, 0.3) is 5.56 Å². The number of nitrogens with one attached hydrogen (secondary N) is 2. The summed E-state index contributed by atoms with van der Waals surface area (Å²) in [6.07, 6.45) is -0.594. The molecule has 60 heavy (non-hydrogen) atoms. The number of amides is 4. The van der Waals surface area contributed by atoms with Gasteiger partial charge in [-0.05, 0) is 73.2 Å². The number of likely N-dealkylation sites (N-methyl/N-ethyl adjacent to an activating group) is 2. The maximum atomic E-state index is 13.7. The first kappa shape index (κ1) is 43.3. The first-order valence-electron chi connectivity index (χ1n) is 20.1. The van der Waals surface area contributed by atoms with Crippen LogP contribution < -0.4 is 20.9 Å². The van der Waals surface area contributed by atoms with E-state index >= 15 is 0 Å². The third-order valence-electron chi connectivity index (χ3n) is 11.5. The summed E-state index contributed by atoms with van der Waals surface area (Å²) >= 11 is 0. The molecule has 16 nitrogen and oxygen atoms in total. The molecule has 3 N–H and O–H groups in total. The minimum absolute atomic E-state index is 0.0162. The summed E-state index contributed by atoms with van der Waals surface area (Å²) in [6, 6.07) is 12.9. The fourth-order valence-electron chi connectivity index (χ4n) is 7.17. The predicted molar refractivity (Wildman–Crippen MR) is 222 cm³/mol. The normalized spacial score (nSPS) is 16.2. The van der Waals surface area contributed by atoms with Crippen molar-refractivity contribution >= 4 is 46.6 Å². The monoisotopic (exact) mass is 824 g/mol. The van der Waals surface area contributed by atoms with Gasteiger partial charge in [0, 0.05) is 55.3 Å². The molecule has 0 fully saturated rings. The van der Waals surface area contributed by atoms with Gasteiger partial charge in [0.05, 0.1) is 29.0 Å². The number of esters is 1. The second kappa shape index (κ2) is 17.5. The van der Waals surface area contributed by atoms with E-state index in [2.05, 4.69) is 10.6 Å². The molecule has 0 bridgehead atoms. The molecule has 2 aromatic heterocycles. The van der Waals surface area contributed by atoms with E-state index in [9.17, 15) is 33.9 Å². The summed E-state index contributed by atoms with van der Waals surface area (Å²) < 4.78 is 18.0. The van der Waals surface area contributed by atoms with E-state index in [4.69, 9.17) is 19.2 Å². The molecule has 0 radical (unpaired) electrons. The molecular formula is C44H52N6O10. The summed E-state index contributed by atoms with van der Waals surface area (Å²) in [4.78, 5) is 84.6. The van der Waals surface area contributed by atoms with Crippen molar-refractivity contribution in [3.05, 3.63) is 86.7 Å². The first-order valence-corrected chi connectivity index (χ1v) is 20.1. The fourth-order valence-corrected chi connectivity index (χ4v) is 7.17. The van der Waals surface area contributed by atoms with Gasteiger partial charge in [-0.3, -0.25) is 14.4 Å². The standard InChI is InChI=1S/C44H52N6O10/c1-9-30-31-19-29(15-16-35(31)47-37-32(30)21-50-36(37)20-34-33(40(50)53)23-58-41(54)44(34,57)10-2)60-43(56)49(8)18-17-48(7)42(55)59-22-27-11-13-28(14-12-27)46-39(52)26(6)45-38(51)25(5)24(3)4/h11-16,19-20,24-26,57H,9-10,17-18,21-23H2,1-8H3,(H,45,51)(H,46,52)/t25?,26-,44-/m0/s1. The zero-order valence-corrected chi connectivity index (χ0v) is 35.2. The third kappa shape index (κ3) is 8.55. The molecule has 4 amide bonds. The first-order chi connectivity index (χ1) is 28.5. The number of cyclic esters (lactones) is 1. The highest BCUT2D eigenvalue weighted by molar-refractivity contribution is 5.97. The van der Waals surface area contributed by atoms with E-state index in [1.165, 1.54) is 9.80 Å². The van der Waals surface area contributed by atoms with Crippen molar-refractivity contribution < 1.29 is 43.3 Å². The number of hydrogen-bond acceptors (Lipinski definition) is 11. The van der Waals surface area contributed by atoms with Crippen LogP contribution in [0.15, 0.2) is 53.3 Å². The second-order valence-electron chi connectivity index (χ2n) is 15.8. The lowest BCUT2D eigenvalue weighted by atomic mass is 9.86. The van der Waals surface area contributed by atoms with E-state index in [-0.39, 0.29) is 79.6 Å². The summed E-state index contributed by atoms with van der Waals surface area (Å²) in [5, 5.41) is 17.5. The van der Waals surface area contributed by atoms with Crippen molar-refractivity contribution in [1.82, 2.24) is 24.7 Å². The van der Waals surface area contributed by atoms with E-state index in [0.29, 0.717) is 40.3 Å². The van der Waals surface area contributed by atoms with Crippen LogP contribution in [0.2, 0.25) is 0 Å². The van der Waals surface area contributed by atoms with Gasteiger partial charge in [0.2, 0.25) is 11.8 Å². The third-order valence-corrected chi connectivity index (χ3v) is 11.5. The van der Waals surface area contributed by atoms with Gasteiger partial charge < -0.3 is 44.3 Å². The van der Waals surface area contributed by atoms with Crippen LogP contribution >= 0.6 is 0 Å². The zero-order valence-electron chi connectivity index (χ0n) is 35.2. The van der Waals surface area contributed by atoms with Crippen molar-refractivity contribution in [2.75, 3.05) is 32.5 Å². The number of ether oxygens (including phenoxy) is 3. The fraction of sp³-hybridized carbons (Fsp3) is 0.432. The lowest BCUT2D eigenvalue weighted by Crippen LogP contribution is -2.44. The van der Waals surface area contributed by atoms with Crippen LogP contribution in [0.1, 0.15) is 75.8 Å². The van der Waals surface area contributed by atoms with Crippen molar-refractivity contribution in [2.45, 2.75) is 85.8 Å². The van der Waals surface area contributed by atoms with Crippen LogP contribution in [0.25, 0.3) is 22.3 Å². The van der Waals surface area contributed by atoms with Crippen LogP contribution in [-0.4, -0.2) is 87.7 Å². The number of rotatable bonds is 13. The molecule has 16 heteroatoms. The topological polar surface area (TPSA) is 199 Å². The maximum absolute atomic E-state index is 13.7. The smallest absolute Gasteiger partial charge is 0.415 e. The number of carbonyl (C=O) groups is 5. The Morgan fingerprint density at radius 1 is 0.933 bits per heavy atom. The number of aromatic nitrogens is 2. The SMILES string of the molecule is CCc1c2c(nc3ccc(OC(=O)N(C)CCN(C)C(=O)OCc4ccc(NC(=O)[C@H](C)NC(=O)C(C)C(C)C)cc4)cc13)-c1cc3c(c(=O)n1C2)COC(=O)[C@]3(O)CC. The Labute approximate surface area is 347 Å². The lowest BCUT2D eigenvalue weighted by Gasteiger charge is -2.31. The number of anilines is 1. The molecule has 6 rings (SSSR count). The minimum atomic E-state index is -1.92. The van der Waals surface area contributed by atoms with Gasteiger partial charge >= 0.3 is 18.2 Å². The summed E-state index contributed by atoms with van der Waals surface area (Å²) in [5.74, 6) is -1.10. The Morgan fingerprint density at radius 3 is 2.27 bits per heavy atom. The van der Waals surface area contributed by atoms with Crippen LogP contribution in [-0.2, 0) is 55.6 Å². The molecule has 0 saturated carbocycles. The van der Waals surface area contributed by atoms with Gasteiger partial charge in [-0.1, -0.05) is 46.8 Å². The summed E-state index contributed by atoms with van der Waals surface area (Å²) in [7, 11) is 3.12. The van der Waals surface area contributed by atoms with Gasteiger partial charge in [0.1, 0.15) is 25.0 Å². The van der Waals surface area contributed by atoms with E-state index in [1.54, 1.807) is 81.0 Å². The number of carbonyl (C=O) groups excluding carboxylic acids is 5. The molecule has 0 aliphatic carbocycles. The van der Waals surface area contributed by atoms with Crippen LogP contribution in [0.5, 0.6) is 5.75 Å². The predicted octanol–water partition coefficient (Wildman–Crippen LogP) is 5.08. The quantitative estimate of drug-likeness (QED) is 0.134. The second-order valence-corrected chi connectivity index (χ2v) is 15.8.